The number of benzene rings is 2. The van der Waals surface area contributed by atoms with E-state index in [0.717, 1.165) is 19.5 Å². The molecule has 1 fully saturated rings. The molecule has 0 unspecified atom stereocenters. The lowest BCUT2D eigenvalue weighted by atomic mass is 10.1. The number of piperazine rings is 1. The number of carbonyl (C=O) groups excluding carboxylic acids is 1. The minimum absolute atomic E-state index is 0.0191. The molecule has 2 aromatic carbocycles. The molecule has 1 saturated heterocycles. The number of hydrogen-bond acceptors (Lipinski definition) is 4. The molecular formula is C21H26N2O3. The zero-order valence-electron chi connectivity index (χ0n) is 15.7. The summed E-state index contributed by atoms with van der Waals surface area (Å²) in [6, 6.07) is 13.8. The maximum atomic E-state index is 12.9. The molecule has 0 N–H and O–H groups in total. The Balaban J connectivity index is 1.71. The van der Waals surface area contributed by atoms with Gasteiger partial charge in [0, 0.05) is 43.5 Å². The first-order chi connectivity index (χ1) is 12.7. The topological polar surface area (TPSA) is 42.0 Å². The van der Waals surface area contributed by atoms with E-state index in [0.29, 0.717) is 30.2 Å². The number of hydrogen-bond donors (Lipinski definition) is 0. The molecule has 0 radical (unpaired) electrons. The summed E-state index contributed by atoms with van der Waals surface area (Å²) in [7, 11) is 3.18. The molecule has 1 aliphatic rings. The Morgan fingerprint density at radius 1 is 0.962 bits per heavy atom. The normalized spacial score (nSPS) is 14.3. The van der Waals surface area contributed by atoms with Crippen LogP contribution in [0.25, 0.3) is 0 Å². The number of amides is 1. The molecule has 1 amide bonds. The first kappa shape index (κ1) is 18.1. The van der Waals surface area contributed by atoms with Crippen molar-refractivity contribution in [1.82, 2.24) is 4.90 Å². The molecule has 0 saturated carbocycles. The Labute approximate surface area is 155 Å². The fourth-order valence-corrected chi connectivity index (χ4v) is 3.38. The van der Waals surface area contributed by atoms with E-state index in [4.69, 9.17) is 9.47 Å². The van der Waals surface area contributed by atoms with E-state index in [1.165, 1.54) is 11.3 Å². The van der Waals surface area contributed by atoms with Crippen LogP contribution in [0, 0.1) is 0 Å². The monoisotopic (exact) mass is 354 g/mol. The van der Waals surface area contributed by atoms with Gasteiger partial charge in [-0.3, -0.25) is 4.79 Å². The maximum Gasteiger partial charge on any atom is 0.254 e. The first-order valence-electron chi connectivity index (χ1n) is 9.01. The van der Waals surface area contributed by atoms with Gasteiger partial charge in [0.25, 0.3) is 5.91 Å². The van der Waals surface area contributed by atoms with Gasteiger partial charge < -0.3 is 19.3 Å². The SMILES string of the molecule is CCc1ccccc1N1CCN(C(=O)c2cc(OC)cc(OC)c2)CC1. The second-order valence-corrected chi connectivity index (χ2v) is 6.36. The fourth-order valence-electron chi connectivity index (χ4n) is 3.38. The molecule has 0 spiro atoms. The molecule has 0 bridgehead atoms. The number of aryl methyl sites for hydroxylation is 1. The van der Waals surface area contributed by atoms with E-state index >= 15 is 0 Å². The highest BCUT2D eigenvalue weighted by atomic mass is 16.5. The molecule has 0 atom stereocenters. The minimum Gasteiger partial charge on any atom is -0.497 e. The van der Waals surface area contributed by atoms with Crippen LogP contribution in [0.3, 0.4) is 0 Å². The Hall–Kier alpha value is -2.69. The van der Waals surface area contributed by atoms with E-state index in [-0.39, 0.29) is 5.91 Å². The van der Waals surface area contributed by atoms with Crippen LogP contribution in [0.5, 0.6) is 11.5 Å². The summed E-state index contributed by atoms with van der Waals surface area (Å²) >= 11 is 0. The van der Waals surface area contributed by atoms with Crippen molar-refractivity contribution >= 4 is 11.6 Å². The van der Waals surface area contributed by atoms with Crippen LogP contribution < -0.4 is 14.4 Å². The van der Waals surface area contributed by atoms with Crippen LogP contribution in [0.1, 0.15) is 22.8 Å². The van der Waals surface area contributed by atoms with Crippen molar-refractivity contribution in [1.29, 1.82) is 0 Å². The Morgan fingerprint density at radius 2 is 1.58 bits per heavy atom. The van der Waals surface area contributed by atoms with E-state index < -0.39 is 0 Å². The Kier molecular flexibility index (Phi) is 5.66. The third-order valence-corrected chi connectivity index (χ3v) is 4.88. The number of rotatable bonds is 5. The van der Waals surface area contributed by atoms with Crippen LogP contribution in [0.15, 0.2) is 42.5 Å². The summed E-state index contributed by atoms with van der Waals surface area (Å²) in [5.74, 6) is 1.28. The van der Waals surface area contributed by atoms with Gasteiger partial charge in [-0.2, -0.15) is 0 Å². The van der Waals surface area contributed by atoms with Gasteiger partial charge in [0.05, 0.1) is 14.2 Å². The number of methoxy groups -OCH3 is 2. The molecular weight excluding hydrogens is 328 g/mol. The van der Waals surface area contributed by atoms with Crippen LogP contribution >= 0.6 is 0 Å². The lowest BCUT2D eigenvalue weighted by Gasteiger charge is -2.37. The van der Waals surface area contributed by atoms with Crippen LogP contribution in [0.2, 0.25) is 0 Å². The van der Waals surface area contributed by atoms with Crippen molar-refractivity contribution in [2.75, 3.05) is 45.3 Å². The van der Waals surface area contributed by atoms with Gasteiger partial charge in [-0.1, -0.05) is 25.1 Å². The third-order valence-electron chi connectivity index (χ3n) is 4.88. The number of para-hydroxylation sites is 1. The standard InChI is InChI=1S/C21H26N2O3/c1-4-16-7-5-6-8-20(16)22-9-11-23(12-10-22)21(24)17-13-18(25-2)15-19(14-17)26-3/h5-8,13-15H,4,9-12H2,1-3H3. The van der Waals surface area contributed by atoms with E-state index in [1.54, 1.807) is 32.4 Å². The van der Waals surface area contributed by atoms with Crippen molar-refractivity contribution < 1.29 is 14.3 Å². The highest BCUT2D eigenvalue weighted by molar-refractivity contribution is 5.95. The smallest absolute Gasteiger partial charge is 0.254 e. The predicted molar refractivity (Wildman–Crippen MR) is 103 cm³/mol. The van der Waals surface area contributed by atoms with Gasteiger partial charge in [0.1, 0.15) is 11.5 Å². The molecule has 3 rings (SSSR count). The van der Waals surface area contributed by atoms with Crippen LogP contribution in [-0.4, -0.2) is 51.2 Å². The highest BCUT2D eigenvalue weighted by Crippen LogP contribution is 2.25. The minimum atomic E-state index is 0.0191. The van der Waals surface area contributed by atoms with Crippen molar-refractivity contribution in [3.63, 3.8) is 0 Å². The summed E-state index contributed by atoms with van der Waals surface area (Å²) in [4.78, 5) is 17.2. The summed E-state index contributed by atoms with van der Waals surface area (Å²) in [6.45, 7) is 5.26. The van der Waals surface area contributed by atoms with Gasteiger partial charge in [-0.05, 0) is 30.2 Å². The van der Waals surface area contributed by atoms with Crippen molar-refractivity contribution in [2.45, 2.75) is 13.3 Å². The lowest BCUT2D eigenvalue weighted by Crippen LogP contribution is -2.49. The number of carbonyl (C=O) groups is 1. The first-order valence-corrected chi connectivity index (χ1v) is 9.01. The quantitative estimate of drug-likeness (QED) is 0.827. The van der Waals surface area contributed by atoms with Gasteiger partial charge in [0.2, 0.25) is 0 Å². The zero-order valence-corrected chi connectivity index (χ0v) is 15.7. The van der Waals surface area contributed by atoms with Crippen LogP contribution in [-0.2, 0) is 6.42 Å². The summed E-state index contributed by atoms with van der Waals surface area (Å²) in [5.41, 5.74) is 3.23. The number of ether oxygens (including phenoxy) is 2. The molecule has 26 heavy (non-hydrogen) atoms. The van der Waals surface area contributed by atoms with Crippen molar-refractivity contribution in [3.05, 3.63) is 53.6 Å². The van der Waals surface area contributed by atoms with Crippen molar-refractivity contribution in [2.24, 2.45) is 0 Å². The average molecular weight is 354 g/mol. The molecule has 5 nitrogen and oxygen atoms in total. The van der Waals surface area contributed by atoms with Crippen molar-refractivity contribution in [3.8, 4) is 11.5 Å². The Morgan fingerprint density at radius 3 is 2.15 bits per heavy atom. The summed E-state index contributed by atoms with van der Waals surface area (Å²) in [5, 5.41) is 0. The average Bonchev–Trinajstić information content (AvgIpc) is 2.72. The van der Waals surface area contributed by atoms with E-state index in [2.05, 4.69) is 36.1 Å². The van der Waals surface area contributed by atoms with Crippen LogP contribution in [0.4, 0.5) is 5.69 Å². The number of nitrogens with zero attached hydrogens (tertiary/aromatic N) is 2. The highest BCUT2D eigenvalue weighted by Gasteiger charge is 2.24. The molecule has 138 valence electrons. The molecule has 5 heteroatoms. The molecule has 1 aliphatic heterocycles. The zero-order chi connectivity index (χ0) is 18.5. The second-order valence-electron chi connectivity index (χ2n) is 6.36. The van der Waals surface area contributed by atoms with E-state index in [1.807, 2.05) is 4.90 Å². The molecule has 0 aliphatic carbocycles. The Bertz CT molecular complexity index is 745. The largest absolute Gasteiger partial charge is 0.497 e. The second kappa shape index (κ2) is 8.13. The van der Waals surface area contributed by atoms with Gasteiger partial charge in [-0.15, -0.1) is 0 Å². The maximum absolute atomic E-state index is 12.9. The number of anilines is 1. The van der Waals surface area contributed by atoms with Gasteiger partial charge in [0.15, 0.2) is 0 Å². The lowest BCUT2D eigenvalue weighted by molar-refractivity contribution is 0.0746. The van der Waals surface area contributed by atoms with Gasteiger partial charge >= 0.3 is 0 Å². The fraction of sp³-hybridized carbons (Fsp3) is 0.381. The summed E-state index contributed by atoms with van der Waals surface area (Å²) in [6.07, 6.45) is 1.01. The molecule has 1 heterocycles. The van der Waals surface area contributed by atoms with E-state index in [9.17, 15) is 4.79 Å². The molecule has 0 aromatic heterocycles. The van der Waals surface area contributed by atoms with Gasteiger partial charge in [-0.25, -0.2) is 0 Å². The third kappa shape index (κ3) is 3.77. The summed E-state index contributed by atoms with van der Waals surface area (Å²) < 4.78 is 10.6. The molecule has 2 aromatic rings. The predicted octanol–water partition coefficient (Wildman–Crippen LogP) is 3.23.